The molecule has 4 rings (SSSR count). The van der Waals surface area contributed by atoms with Gasteiger partial charge in [0.25, 0.3) is 5.91 Å². The monoisotopic (exact) mass is 378 g/mol. The fourth-order valence-electron chi connectivity index (χ4n) is 3.92. The topological polar surface area (TPSA) is 59.0 Å². The summed E-state index contributed by atoms with van der Waals surface area (Å²) in [5.74, 6) is -0.197. The molecule has 2 heterocycles. The molecular weight excluding hydrogens is 357 g/mol. The van der Waals surface area contributed by atoms with Crippen LogP contribution in [0.4, 0.5) is 19.0 Å². The van der Waals surface area contributed by atoms with Crippen molar-refractivity contribution in [2.75, 3.05) is 5.32 Å². The van der Waals surface area contributed by atoms with Crippen LogP contribution >= 0.6 is 0 Å². The van der Waals surface area contributed by atoms with Crippen LogP contribution in [-0.4, -0.2) is 27.9 Å². The Bertz CT molecular complexity index is 812. The molecule has 1 aliphatic carbocycles. The Morgan fingerprint density at radius 1 is 1.19 bits per heavy atom. The molecule has 8 heteroatoms. The molecule has 1 aliphatic heterocycles. The van der Waals surface area contributed by atoms with Crippen molar-refractivity contribution in [2.45, 2.75) is 56.4 Å². The normalized spacial score (nSPS) is 22.9. The third-order valence-corrected chi connectivity index (χ3v) is 5.31. The van der Waals surface area contributed by atoms with Crippen LogP contribution in [0.5, 0.6) is 0 Å². The summed E-state index contributed by atoms with van der Waals surface area (Å²) in [5, 5.41) is 9.97. The van der Waals surface area contributed by atoms with Gasteiger partial charge in [0.1, 0.15) is 5.82 Å². The number of hydrogen-bond acceptors (Lipinski definition) is 3. The van der Waals surface area contributed by atoms with Crippen molar-refractivity contribution in [3.8, 4) is 0 Å². The zero-order valence-corrected chi connectivity index (χ0v) is 14.7. The van der Waals surface area contributed by atoms with E-state index in [1.165, 1.54) is 6.07 Å². The number of nitrogens with one attached hydrogen (secondary N) is 2. The summed E-state index contributed by atoms with van der Waals surface area (Å²) >= 11 is 0. The van der Waals surface area contributed by atoms with Crippen molar-refractivity contribution in [3.05, 3.63) is 47.7 Å². The van der Waals surface area contributed by atoms with Crippen molar-refractivity contribution >= 4 is 11.7 Å². The number of halogens is 3. The van der Waals surface area contributed by atoms with Gasteiger partial charge in [0.15, 0.2) is 11.7 Å². The highest BCUT2D eigenvalue weighted by molar-refractivity contribution is 5.93. The maximum absolute atomic E-state index is 13.7. The first-order chi connectivity index (χ1) is 12.9. The first-order valence-corrected chi connectivity index (χ1v) is 9.20. The maximum atomic E-state index is 13.7. The minimum Gasteiger partial charge on any atom is -0.363 e. The van der Waals surface area contributed by atoms with Crippen LogP contribution in [0.25, 0.3) is 0 Å². The summed E-state index contributed by atoms with van der Waals surface area (Å²) in [6, 6.07) is 8.24. The van der Waals surface area contributed by atoms with E-state index in [0.717, 1.165) is 35.9 Å². The van der Waals surface area contributed by atoms with E-state index in [1.807, 2.05) is 6.07 Å². The maximum Gasteiger partial charge on any atom is 0.410 e. The van der Waals surface area contributed by atoms with Crippen LogP contribution in [0.15, 0.2) is 36.4 Å². The van der Waals surface area contributed by atoms with Crippen LogP contribution in [0.2, 0.25) is 0 Å². The second-order valence-corrected chi connectivity index (χ2v) is 7.21. The molecule has 1 aromatic heterocycles. The molecule has 0 radical (unpaired) electrons. The lowest BCUT2D eigenvalue weighted by Gasteiger charge is -2.33. The van der Waals surface area contributed by atoms with E-state index in [9.17, 15) is 18.0 Å². The van der Waals surface area contributed by atoms with Gasteiger partial charge in [0.05, 0.1) is 6.04 Å². The number of benzene rings is 1. The molecule has 0 saturated heterocycles. The van der Waals surface area contributed by atoms with Gasteiger partial charge < -0.3 is 10.6 Å². The van der Waals surface area contributed by atoms with Crippen molar-refractivity contribution in [3.63, 3.8) is 0 Å². The average Bonchev–Trinajstić information content (AvgIpc) is 3.29. The molecule has 2 aliphatic rings. The average molecular weight is 378 g/mol. The molecule has 1 amide bonds. The lowest BCUT2D eigenvalue weighted by molar-refractivity contribution is -0.173. The largest absolute Gasteiger partial charge is 0.410 e. The van der Waals surface area contributed by atoms with Crippen LogP contribution in [0, 0.1) is 0 Å². The third kappa shape index (κ3) is 3.65. The molecule has 0 spiro atoms. The van der Waals surface area contributed by atoms with Crippen molar-refractivity contribution in [1.82, 2.24) is 15.1 Å². The minimum absolute atomic E-state index is 0.0207. The second-order valence-electron chi connectivity index (χ2n) is 7.21. The summed E-state index contributed by atoms with van der Waals surface area (Å²) < 4.78 is 41.9. The molecule has 2 aromatic rings. The van der Waals surface area contributed by atoms with E-state index in [0.29, 0.717) is 0 Å². The van der Waals surface area contributed by atoms with Crippen molar-refractivity contribution < 1.29 is 18.0 Å². The number of hydrogen-bond donors (Lipinski definition) is 2. The molecule has 144 valence electrons. The van der Waals surface area contributed by atoms with E-state index >= 15 is 0 Å². The summed E-state index contributed by atoms with van der Waals surface area (Å²) in [6.45, 7) is 0. The van der Waals surface area contributed by atoms with Crippen LogP contribution < -0.4 is 10.6 Å². The highest BCUT2D eigenvalue weighted by Crippen LogP contribution is 2.43. The lowest BCUT2D eigenvalue weighted by Crippen LogP contribution is -2.36. The zero-order valence-electron chi connectivity index (χ0n) is 14.7. The number of aromatic nitrogens is 2. The highest BCUT2D eigenvalue weighted by Gasteiger charge is 2.46. The fraction of sp³-hybridized carbons (Fsp3) is 0.474. The first kappa shape index (κ1) is 17.9. The quantitative estimate of drug-likeness (QED) is 0.841. The van der Waals surface area contributed by atoms with Crippen LogP contribution in [-0.2, 0) is 0 Å². The van der Waals surface area contributed by atoms with Crippen molar-refractivity contribution in [2.24, 2.45) is 0 Å². The Kier molecular flexibility index (Phi) is 4.57. The molecule has 2 atom stereocenters. The van der Waals surface area contributed by atoms with E-state index in [4.69, 9.17) is 0 Å². The van der Waals surface area contributed by atoms with E-state index in [-0.39, 0.29) is 24.0 Å². The molecule has 5 nitrogen and oxygen atoms in total. The summed E-state index contributed by atoms with van der Waals surface area (Å²) in [5.41, 5.74) is 0.795. The summed E-state index contributed by atoms with van der Waals surface area (Å²) in [7, 11) is 0. The number of anilines is 1. The number of alkyl halides is 3. The number of fused-ring (bicyclic) bond motifs is 1. The molecule has 1 fully saturated rings. The predicted molar refractivity (Wildman–Crippen MR) is 94.5 cm³/mol. The Morgan fingerprint density at radius 2 is 1.89 bits per heavy atom. The zero-order chi connectivity index (χ0) is 19.0. The molecule has 1 aromatic carbocycles. The number of rotatable bonds is 3. The Labute approximate surface area is 154 Å². The van der Waals surface area contributed by atoms with Crippen molar-refractivity contribution in [1.29, 1.82) is 0 Å². The molecule has 2 unspecified atom stereocenters. The molecule has 2 N–H and O–H groups in total. The van der Waals surface area contributed by atoms with Gasteiger partial charge in [0.2, 0.25) is 0 Å². The van der Waals surface area contributed by atoms with Gasteiger partial charge in [-0.1, -0.05) is 43.2 Å². The molecule has 0 bridgehead atoms. The van der Waals surface area contributed by atoms with Gasteiger partial charge in [-0.05, 0) is 18.4 Å². The summed E-state index contributed by atoms with van der Waals surface area (Å²) in [6.07, 6.45) is -0.708. The second kappa shape index (κ2) is 6.90. The van der Waals surface area contributed by atoms with Gasteiger partial charge in [-0.2, -0.15) is 18.3 Å². The van der Waals surface area contributed by atoms with Crippen LogP contribution in [0.1, 0.15) is 60.2 Å². The lowest BCUT2D eigenvalue weighted by atomic mass is 9.97. The summed E-state index contributed by atoms with van der Waals surface area (Å²) in [4.78, 5) is 12.4. The third-order valence-electron chi connectivity index (χ3n) is 5.31. The Morgan fingerprint density at radius 3 is 2.56 bits per heavy atom. The van der Waals surface area contributed by atoms with E-state index in [2.05, 4.69) is 15.7 Å². The molecule has 27 heavy (non-hydrogen) atoms. The Balaban J connectivity index is 1.62. The SMILES string of the molecule is O=C(NC1CCCC1)c1cc2n(n1)C(C(F)(F)F)CC(c1ccccc1)N2. The Hall–Kier alpha value is -2.51. The van der Waals surface area contributed by atoms with Gasteiger partial charge in [-0.15, -0.1) is 0 Å². The fourth-order valence-corrected chi connectivity index (χ4v) is 3.92. The van der Waals surface area contributed by atoms with Gasteiger partial charge in [-0.25, -0.2) is 4.68 Å². The van der Waals surface area contributed by atoms with E-state index in [1.54, 1.807) is 24.3 Å². The highest BCUT2D eigenvalue weighted by atomic mass is 19.4. The number of nitrogens with zero attached hydrogens (tertiary/aromatic N) is 2. The number of amides is 1. The number of carbonyl (C=O) groups excluding carboxylic acids is 1. The van der Waals surface area contributed by atoms with E-state index < -0.39 is 24.2 Å². The minimum atomic E-state index is -4.45. The van der Waals surface area contributed by atoms with Gasteiger partial charge >= 0.3 is 6.18 Å². The van der Waals surface area contributed by atoms with Gasteiger partial charge in [-0.3, -0.25) is 4.79 Å². The molecule has 1 saturated carbocycles. The predicted octanol–water partition coefficient (Wildman–Crippen LogP) is 4.22. The number of carbonyl (C=O) groups is 1. The smallest absolute Gasteiger partial charge is 0.363 e. The van der Waals surface area contributed by atoms with Gasteiger partial charge in [0, 0.05) is 18.5 Å². The first-order valence-electron chi connectivity index (χ1n) is 9.20. The standard InChI is InChI=1S/C19H21F3N4O/c20-19(21,22)16-10-14(12-6-2-1-3-7-12)24-17-11-15(25-26(16)17)18(27)23-13-8-4-5-9-13/h1-3,6-7,11,13-14,16,24H,4-5,8-10H2,(H,23,27). The van der Waals surface area contributed by atoms with Crippen LogP contribution in [0.3, 0.4) is 0 Å². The molecular formula is C19H21F3N4O.